The summed E-state index contributed by atoms with van der Waals surface area (Å²) in [5.74, 6) is -2.99. The lowest BCUT2D eigenvalue weighted by Crippen LogP contribution is -2.43. The van der Waals surface area contributed by atoms with Crippen molar-refractivity contribution in [2.45, 2.75) is 19.1 Å². The molecule has 0 saturated carbocycles. The molecule has 1 N–H and O–H groups in total. The first kappa shape index (κ1) is 23.2. The summed E-state index contributed by atoms with van der Waals surface area (Å²) in [6.07, 6.45) is 1.93. The van der Waals surface area contributed by atoms with Gasteiger partial charge in [0, 0.05) is 30.9 Å². The maximum atomic E-state index is 12.9. The fraction of sp³-hybridized carbons (Fsp3) is 0.250. The van der Waals surface area contributed by atoms with Gasteiger partial charge < -0.3 is 15.1 Å². The molecule has 2 aromatic rings. The predicted molar refractivity (Wildman–Crippen MR) is 119 cm³/mol. The Balaban J connectivity index is 1.45. The highest BCUT2D eigenvalue weighted by Gasteiger charge is 2.43. The molecule has 7 nitrogen and oxygen atoms in total. The fourth-order valence-corrected chi connectivity index (χ4v) is 3.84. The number of halogens is 3. The molecule has 0 aliphatic carbocycles. The minimum absolute atomic E-state index is 0.0839. The maximum absolute atomic E-state index is 12.9. The van der Waals surface area contributed by atoms with Crippen LogP contribution in [0, 0.1) is 0 Å². The second kappa shape index (κ2) is 9.50. The average Bonchev–Trinajstić information content (AvgIpc) is 2.99. The number of rotatable bonds is 3. The molecule has 3 heterocycles. The Kier molecular flexibility index (Phi) is 6.49. The van der Waals surface area contributed by atoms with Crippen LogP contribution in [0.2, 0.25) is 0 Å². The topological polar surface area (TPSA) is 82.6 Å². The molecular formula is C24H21F3N4O3. The van der Waals surface area contributed by atoms with Gasteiger partial charge in [0.15, 0.2) is 0 Å². The van der Waals surface area contributed by atoms with Crippen LogP contribution < -0.4 is 5.32 Å². The van der Waals surface area contributed by atoms with Crippen LogP contribution in [-0.2, 0) is 20.9 Å². The third-order valence-electron chi connectivity index (χ3n) is 5.55. The number of carbonyl (C=O) groups excluding carboxylic acids is 3. The third-order valence-corrected chi connectivity index (χ3v) is 5.55. The second-order valence-corrected chi connectivity index (χ2v) is 7.95. The molecule has 10 heteroatoms. The van der Waals surface area contributed by atoms with Gasteiger partial charge in [-0.1, -0.05) is 36.4 Å². The molecule has 2 aliphatic rings. The molecule has 0 atom stereocenters. The number of anilines is 1. The SMILES string of the molecule is O=C1CN(C(=O)C(F)(F)F)Cc2cc(C=CC(=O)N3CC=C(c4ccccc4)CC3)cnc2N1. The van der Waals surface area contributed by atoms with Crippen molar-refractivity contribution >= 4 is 35.2 Å². The van der Waals surface area contributed by atoms with E-state index in [0.29, 0.717) is 23.6 Å². The number of benzene rings is 1. The van der Waals surface area contributed by atoms with Crippen LogP contribution in [0.25, 0.3) is 11.6 Å². The zero-order valence-electron chi connectivity index (χ0n) is 18.0. The number of hydrogen-bond donors (Lipinski definition) is 1. The van der Waals surface area contributed by atoms with E-state index < -0.39 is 31.1 Å². The first-order valence-corrected chi connectivity index (χ1v) is 10.6. The Morgan fingerprint density at radius 3 is 2.53 bits per heavy atom. The molecule has 1 aromatic heterocycles. The number of amides is 3. The summed E-state index contributed by atoms with van der Waals surface area (Å²) in [5, 5.41) is 2.40. The van der Waals surface area contributed by atoms with Crippen LogP contribution in [0.4, 0.5) is 19.0 Å². The molecule has 0 spiro atoms. The zero-order valence-corrected chi connectivity index (χ0v) is 18.0. The van der Waals surface area contributed by atoms with Gasteiger partial charge in [0.2, 0.25) is 11.8 Å². The Hall–Kier alpha value is -3.95. The van der Waals surface area contributed by atoms with Crippen molar-refractivity contribution in [1.82, 2.24) is 14.8 Å². The molecule has 34 heavy (non-hydrogen) atoms. The number of pyridine rings is 1. The first-order valence-electron chi connectivity index (χ1n) is 10.6. The number of hydrogen-bond acceptors (Lipinski definition) is 4. The van der Waals surface area contributed by atoms with Crippen LogP contribution in [0.3, 0.4) is 0 Å². The molecule has 0 fully saturated rings. The largest absolute Gasteiger partial charge is 0.471 e. The molecule has 0 bridgehead atoms. The van der Waals surface area contributed by atoms with Gasteiger partial charge in [-0.3, -0.25) is 14.4 Å². The highest BCUT2D eigenvalue weighted by atomic mass is 19.4. The van der Waals surface area contributed by atoms with E-state index in [0.717, 1.165) is 12.0 Å². The number of fused-ring (bicyclic) bond motifs is 1. The van der Waals surface area contributed by atoms with E-state index in [2.05, 4.69) is 10.3 Å². The van der Waals surface area contributed by atoms with Gasteiger partial charge in [0.05, 0.1) is 6.54 Å². The van der Waals surface area contributed by atoms with Crippen molar-refractivity contribution in [3.8, 4) is 0 Å². The summed E-state index contributed by atoms with van der Waals surface area (Å²) in [5.41, 5.74) is 3.02. The summed E-state index contributed by atoms with van der Waals surface area (Å²) in [4.78, 5) is 42.3. The molecule has 4 rings (SSSR count). The molecule has 0 saturated heterocycles. The summed E-state index contributed by atoms with van der Waals surface area (Å²) >= 11 is 0. The molecule has 0 unspecified atom stereocenters. The van der Waals surface area contributed by atoms with E-state index >= 15 is 0 Å². The van der Waals surface area contributed by atoms with E-state index in [9.17, 15) is 27.6 Å². The van der Waals surface area contributed by atoms with Gasteiger partial charge in [-0.25, -0.2) is 4.98 Å². The Morgan fingerprint density at radius 2 is 1.85 bits per heavy atom. The van der Waals surface area contributed by atoms with Crippen molar-refractivity contribution in [2.24, 2.45) is 0 Å². The lowest BCUT2D eigenvalue weighted by molar-refractivity contribution is -0.186. The van der Waals surface area contributed by atoms with Crippen LogP contribution in [0.1, 0.15) is 23.1 Å². The van der Waals surface area contributed by atoms with Crippen molar-refractivity contribution in [3.63, 3.8) is 0 Å². The summed E-state index contributed by atoms with van der Waals surface area (Å²) in [7, 11) is 0. The van der Waals surface area contributed by atoms with E-state index in [4.69, 9.17) is 0 Å². The normalized spacial score (nSPS) is 16.6. The van der Waals surface area contributed by atoms with Gasteiger partial charge in [0.1, 0.15) is 12.4 Å². The fourth-order valence-electron chi connectivity index (χ4n) is 3.84. The number of nitrogens with zero attached hydrogens (tertiary/aromatic N) is 3. The van der Waals surface area contributed by atoms with E-state index in [1.54, 1.807) is 4.90 Å². The standard InChI is InChI=1S/C24H21F3N4O3/c25-24(26,27)23(34)31-14-19-12-16(13-28-22(19)29-20(32)15-31)6-7-21(33)30-10-8-18(9-11-30)17-4-2-1-3-5-17/h1-8,12-13H,9-11,14-15H2,(H,28,29,32). The zero-order chi connectivity index (χ0) is 24.3. The summed E-state index contributed by atoms with van der Waals surface area (Å²) in [6, 6.07) is 11.4. The van der Waals surface area contributed by atoms with Crippen molar-refractivity contribution in [3.05, 3.63) is 71.4 Å². The molecule has 176 valence electrons. The molecule has 2 aliphatic heterocycles. The monoisotopic (exact) mass is 470 g/mol. The molecule has 1 aromatic carbocycles. The van der Waals surface area contributed by atoms with Crippen LogP contribution in [-0.4, -0.2) is 58.3 Å². The lowest BCUT2D eigenvalue weighted by atomic mass is 9.99. The summed E-state index contributed by atoms with van der Waals surface area (Å²) < 4.78 is 38.6. The summed E-state index contributed by atoms with van der Waals surface area (Å²) in [6.45, 7) is -0.136. The van der Waals surface area contributed by atoms with Crippen molar-refractivity contribution in [2.75, 3.05) is 25.0 Å². The molecule has 3 amide bonds. The Bertz CT molecular complexity index is 1180. The quantitative estimate of drug-likeness (QED) is 0.699. The van der Waals surface area contributed by atoms with Crippen LogP contribution >= 0.6 is 0 Å². The van der Waals surface area contributed by atoms with Gasteiger partial charge >= 0.3 is 12.1 Å². The lowest BCUT2D eigenvalue weighted by Gasteiger charge is -2.25. The molecular weight excluding hydrogens is 449 g/mol. The average molecular weight is 470 g/mol. The molecule has 0 radical (unpaired) electrons. The van der Waals surface area contributed by atoms with Crippen LogP contribution in [0.5, 0.6) is 0 Å². The van der Waals surface area contributed by atoms with Crippen LogP contribution in [0.15, 0.2) is 54.7 Å². The number of carbonyl (C=O) groups is 3. The number of aromatic nitrogens is 1. The third kappa shape index (κ3) is 5.33. The predicted octanol–water partition coefficient (Wildman–Crippen LogP) is 3.25. The minimum atomic E-state index is -5.09. The van der Waals surface area contributed by atoms with Gasteiger partial charge in [-0.2, -0.15) is 13.2 Å². The first-order chi connectivity index (χ1) is 16.2. The van der Waals surface area contributed by atoms with Crippen molar-refractivity contribution in [1.29, 1.82) is 0 Å². The highest BCUT2D eigenvalue weighted by molar-refractivity contribution is 5.96. The smallest absolute Gasteiger partial charge is 0.335 e. The van der Waals surface area contributed by atoms with Gasteiger partial charge in [-0.15, -0.1) is 0 Å². The number of alkyl halides is 3. The number of nitrogens with one attached hydrogen (secondary N) is 1. The Labute approximate surface area is 193 Å². The van der Waals surface area contributed by atoms with Gasteiger partial charge in [0.25, 0.3) is 0 Å². The van der Waals surface area contributed by atoms with E-state index in [1.165, 1.54) is 30.0 Å². The maximum Gasteiger partial charge on any atom is 0.471 e. The van der Waals surface area contributed by atoms with Gasteiger partial charge in [-0.05, 0) is 35.3 Å². The van der Waals surface area contributed by atoms with E-state index in [-0.39, 0.29) is 17.3 Å². The second-order valence-electron chi connectivity index (χ2n) is 7.95. The minimum Gasteiger partial charge on any atom is -0.335 e. The van der Waals surface area contributed by atoms with Crippen molar-refractivity contribution < 1.29 is 27.6 Å². The van der Waals surface area contributed by atoms with E-state index in [1.807, 2.05) is 36.4 Å². The highest BCUT2D eigenvalue weighted by Crippen LogP contribution is 2.25. The Morgan fingerprint density at radius 1 is 1.09 bits per heavy atom.